The van der Waals surface area contributed by atoms with E-state index in [0.29, 0.717) is 0 Å². The Morgan fingerprint density at radius 2 is 0.960 bits per heavy atom. The Labute approximate surface area is 174 Å². The summed E-state index contributed by atoms with van der Waals surface area (Å²) in [6.45, 7) is 19.6. The maximum absolute atomic E-state index is 2.56. The van der Waals surface area contributed by atoms with Crippen LogP contribution in [0.15, 0.2) is 10.8 Å². The quantitative estimate of drug-likeness (QED) is 0.314. The molecule has 152 valence electrons. The van der Waals surface area contributed by atoms with Crippen molar-refractivity contribution in [2.45, 2.75) is 116 Å². The first-order chi connectivity index (χ1) is 10.1. The molecule has 0 amide bonds. The summed E-state index contributed by atoms with van der Waals surface area (Å²) in [6, 6.07) is 0. The normalized spacial score (nSPS) is 18.2. The summed E-state index contributed by atoms with van der Waals surface area (Å²) < 4.78 is 0. The van der Waals surface area contributed by atoms with Gasteiger partial charge in [-0.05, 0) is 31.9 Å². The molecule has 0 radical (unpaired) electrons. The zero-order chi connectivity index (χ0) is 17.0. The molecule has 0 aromatic heterocycles. The van der Waals surface area contributed by atoms with Crippen LogP contribution in [0.5, 0.6) is 0 Å². The summed E-state index contributed by atoms with van der Waals surface area (Å²) >= 11 is 0. The molecule has 0 spiro atoms. The zero-order valence-corrected chi connectivity index (χ0v) is 22.3. The molecule has 0 nitrogen and oxygen atoms in total. The van der Waals surface area contributed by atoms with Gasteiger partial charge in [0.2, 0.25) is 0 Å². The van der Waals surface area contributed by atoms with E-state index in [2.05, 4.69) is 53.5 Å². The second kappa shape index (κ2) is 13.0. The van der Waals surface area contributed by atoms with Gasteiger partial charge in [-0.25, -0.2) is 0 Å². The minimum Gasteiger partial charge on any atom is -0.358 e. The molecule has 2 fully saturated rings. The van der Waals surface area contributed by atoms with E-state index in [1.54, 1.807) is 10.8 Å². The van der Waals surface area contributed by atoms with Gasteiger partial charge >= 0.3 is 17.1 Å². The van der Waals surface area contributed by atoms with Gasteiger partial charge in [0.25, 0.3) is 0 Å². The smallest absolute Gasteiger partial charge is 0.358 e. The van der Waals surface area contributed by atoms with Gasteiger partial charge in [-0.2, -0.15) is 0 Å². The maximum atomic E-state index is 2.56. The molecule has 0 N–H and O–H groups in total. The molecule has 2 saturated carbocycles. The van der Waals surface area contributed by atoms with Crippen molar-refractivity contribution in [2.75, 3.05) is 0 Å². The third kappa shape index (κ3) is 9.44. The van der Waals surface area contributed by atoms with Crippen LogP contribution in [0.2, 0.25) is 43.8 Å². The third-order valence-corrected chi connectivity index (χ3v) is 14.8. The Morgan fingerprint density at radius 1 is 0.640 bits per heavy atom. The van der Waals surface area contributed by atoms with E-state index in [9.17, 15) is 0 Å². The monoisotopic (exact) mass is 424 g/mol. The fraction of sp³-hybridized carbons (Fsp3) is 0.818. The minimum absolute atomic E-state index is 0. The van der Waals surface area contributed by atoms with E-state index in [1.807, 2.05) is 0 Å². The van der Waals surface area contributed by atoms with Gasteiger partial charge in [-0.3, -0.25) is 0 Å². The van der Waals surface area contributed by atoms with Crippen molar-refractivity contribution < 1.29 is 17.1 Å². The summed E-state index contributed by atoms with van der Waals surface area (Å²) in [5.74, 6) is 0. The Kier molecular flexibility index (Phi) is 15.8. The topological polar surface area (TPSA) is 0 Å². The van der Waals surface area contributed by atoms with Gasteiger partial charge in [0, 0.05) is 8.07 Å². The van der Waals surface area contributed by atoms with E-state index < -0.39 is 16.1 Å². The molecule has 0 saturated heterocycles. The van der Waals surface area contributed by atoms with Crippen LogP contribution >= 0.6 is 0 Å². The van der Waals surface area contributed by atoms with Crippen LogP contribution in [0.1, 0.15) is 72.1 Å². The average molecular weight is 425 g/mol. The molecular weight excluding hydrogens is 376 g/mol. The molecule has 0 aliphatic heterocycles. The predicted octanol–water partition coefficient (Wildman–Crippen LogP) is 8.70. The molecule has 0 unspecified atom stereocenters. The molecule has 0 atom stereocenters. The Bertz CT molecular complexity index is 364. The first-order valence-electron chi connectivity index (χ1n) is 9.71. The van der Waals surface area contributed by atoms with E-state index in [-0.39, 0.29) is 31.9 Å². The Hall–Kier alpha value is 0.693. The van der Waals surface area contributed by atoms with Crippen molar-refractivity contribution in [1.29, 1.82) is 0 Å². The molecule has 2 aliphatic carbocycles. The molecule has 2 rings (SSSR count). The Morgan fingerprint density at radius 3 is 1.20 bits per heavy atom. The molecule has 3 heteroatoms. The van der Waals surface area contributed by atoms with E-state index in [4.69, 9.17) is 0 Å². The van der Waals surface area contributed by atoms with Gasteiger partial charge in [-0.15, -0.1) is 0 Å². The summed E-state index contributed by atoms with van der Waals surface area (Å²) in [5.41, 5.74) is 3.79. The van der Waals surface area contributed by atoms with Crippen molar-refractivity contribution in [2.24, 2.45) is 0 Å². The van der Waals surface area contributed by atoms with Crippen LogP contribution in [0.4, 0.5) is 0 Å². The second-order valence-electron chi connectivity index (χ2n) is 9.68. The van der Waals surface area contributed by atoms with Crippen LogP contribution in [-0.2, 0) is 17.1 Å². The summed E-state index contributed by atoms with van der Waals surface area (Å²) in [4.78, 5) is 0. The fourth-order valence-electron chi connectivity index (χ4n) is 4.39. The molecule has 0 heterocycles. The first kappa shape index (κ1) is 30.4. The van der Waals surface area contributed by atoms with E-state index >= 15 is 0 Å². The van der Waals surface area contributed by atoms with Gasteiger partial charge in [0.05, 0.1) is 8.07 Å². The molecule has 0 aromatic rings. The Balaban J connectivity index is -0.000000362. The first-order valence-corrected chi connectivity index (χ1v) is 16.4. The van der Waals surface area contributed by atoms with Crippen molar-refractivity contribution in [1.82, 2.24) is 0 Å². The van der Waals surface area contributed by atoms with Crippen molar-refractivity contribution in [3.63, 3.8) is 0 Å². The number of hydrogen-bond donors (Lipinski definition) is 0. The number of hydrogen-bond acceptors (Lipinski definition) is 0. The summed E-state index contributed by atoms with van der Waals surface area (Å²) in [7, 11) is -1.78. The molecule has 25 heavy (non-hydrogen) atoms. The summed E-state index contributed by atoms with van der Waals surface area (Å²) in [5, 5.41) is 1.75. The molecular formula is C22H48FeSi2. The fourth-order valence-corrected chi connectivity index (χ4v) is 10.3. The SMILES string of the molecule is CC(C)=C(C)[Si](C)(C)C1CCCC1.C[Si](C)(C)C1CCCC1.[CH3-].[CH3-].[Fe+2]. The molecule has 2 aliphatic rings. The predicted molar refractivity (Wildman–Crippen MR) is 122 cm³/mol. The molecule has 0 aromatic carbocycles. The van der Waals surface area contributed by atoms with Crippen LogP contribution in [0, 0.1) is 14.9 Å². The second-order valence-corrected chi connectivity index (χ2v) is 20.2. The van der Waals surface area contributed by atoms with Crippen LogP contribution in [0.25, 0.3) is 0 Å². The maximum Gasteiger partial charge on any atom is 2.00 e. The largest absolute Gasteiger partial charge is 2.00 e. The van der Waals surface area contributed by atoms with Crippen LogP contribution in [0.3, 0.4) is 0 Å². The zero-order valence-electron chi connectivity index (χ0n) is 19.2. The standard InChI is InChI=1S/C12H24Si.C8H18Si.2CH3.Fe/c1-10(2)11(3)13(4,5)12-8-6-7-9-12;1-9(2,3)8-6-4-5-7-8;;;/h12H,6-9H2,1-5H3;8H,4-7H2,1-3H3;2*1H3;/q;;2*-1;+2. The van der Waals surface area contributed by atoms with Gasteiger partial charge in [0.15, 0.2) is 0 Å². The van der Waals surface area contributed by atoms with Gasteiger partial charge in [0.1, 0.15) is 0 Å². The average Bonchev–Trinajstić information content (AvgIpc) is 3.10. The minimum atomic E-state index is -1.06. The van der Waals surface area contributed by atoms with Gasteiger partial charge < -0.3 is 14.9 Å². The third-order valence-electron chi connectivity index (χ3n) is 6.67. The summed E-state index contributed by atoms with van der Waals surface area (Å²) in [6.07, 6.45) is 12.1. The van der Waals surface area contributed by atoms with E-state index in [0.717, 1.165) is 11.1 Å². The van der Waals surface area contributed by atoms with Crippen molar-refractivity contribution in [3.8, 4) is 0 Å². The number of rotatable bonds is 3. The van der Waals surface area contributed by atoms with Crippen molar-refractivity contribution >= 4 is 16.1 Å². The number of allylic oxidation sites excluding steroid dienone is 2. The van der Waals surface area contributed by atoms with Crippen LogP contribution < -0.4 is 0 Å². The van der Waals surface area contributed by atoms with Crippen molar-refractivity contribution in [3.05, 3.63) is 25.6 Å². The molecule has 0 bridgehead atoms. The van der Waals surface area contributed by atoms with Crippen LogP contribution in [-0.4, -0.2) is 16.1 Å². The van der Waals surface area contributed by atoms with E-state index in [1.165, 1.54) is 51.4 Å². The van der Waals surface area contributed by atoms with Gasteiger partial charge in [-0.1, -0.05) is 94.9 Å².